The standard InChI is InChI=1S/C8H17NO3/c1-7(2)9-4-5-12-6-8(10)11-3/h7,9H,4-6H2,1-3H3. The number of methoxy groups -OCH3 is 1. The van der Waals surface area contributed by atoms with E-state index in [0.29, 0.717) is 12.6 Å². The molecule has 0 fully saturated rings. The molecule has 4 heteroatoms. The average molecular weight is 175 g/mol. The normalized spacial score (nSPS) is 10.3. The zero-order valence-electron chi connectivity index (χ0n) is 7.92. The molecule has 0 aliphatic heterocycles. The SMILES string of the molecule is COC(=O)COCCNC(C)C. The minimum absolute atomic E-state index is 0.0380. The molecule has 0 heterocycles. The van der Waals surface area contributed by atoms with E-state index in [1.54, 1.807) is 0 Å². The summed E-state index contributed by atoms with van der Waals surface area (Å²) in [5, 5.41) is 3.16. The molecule has 4 nitrogen and oxygen atoms in total. The van der Waals surface area contributed by atoms with Gasteiger partial charge < -0.3 is 14.8 Å². The van der Waals surface area contributed by atoms with Crippen molar-refractivity contribution in [2.45, 2.75) is 19.9 Å². The van der Waals surface area contributed by atoms with E-state index in [4.69, 9.17) is 4.74 Å². The van der Waals surface area contributed by atoms with Gasteiger partial charge in [0.25, 0.3) is 0 Å². The monoisotopic (exact) mass is 175 g/mol. The first-order valence-electron chi connectivity index (χ1n) is 4.04. The van der Waals surface area contributed by atoms with E-state index in [1.165, 1.54) is 7.11 Å². The highest BCUT2D eigenvalue weighted by molar-refractivity contribution is 5.70. The number of nitrogens with one attached hydrogen (secondary N) is 1. The van der Waals surface area contributed by atoms with Crippen LogP contribution in [-0.4, -0.2) is 38.9 Å². The zero-order chi connectivity index (χ0) is 9.40. The molecule has 0 amide bonds. The molecule has 0 atom stereocenters. The van der Waals surface area contributed by atoms with Crippen molar-refractivity contribution in [2.75, 3.05) is 26.9 Å². The molecule has 0 aliphatic rings. The molecular formula is C8H17NO3. The van der Waals surface area contributed by atoms with Crippen LogP contribution in [0.25, 0.3) is 0 Å². The molecule has 0 aromatic rings. The van der Waals surface area contributed by atoms with Crippen LogP contribution < -0.4 is 5.32 Å². The molecule has 0 radical (unpaired) electrons. The van der Waals surface area contributed by atoms with Crippen molar-refractivity contribution >= 4 is 5.97 Å². The molecule has 0 aromatic heterocycles. The van der Waals surface area contributed by atoms with Crippen LogP contribution in [-0.2, 0) is 14.3 Å². The molecule has 0 spiro atoms. The van der Waals surface area contributed by atoms with Crippen LogP contribution in [0.2, 0.25) is 0 Å². The fourth-order valence-electron chi connectivity index (χ4n) is 0.634. The third kappa shape index (κ3) is 7.50. The fraction of sp³-hybridized carbons (Fsp3) is 0.875. The van der Waals surface area contributed by atoms with E-state index in [-0.39, 0.29) is 12.6 Å². The van der Waals surface area contributed by atoms with E-state index >= 15 is 0 Å². The Kier molecular flexibility index (Phi) is 6.70. The summed E-state index contributed by atoms with van der Waals surface area (Å²) >= 11 is 0. The van der Waals surface area contributed by atoms with Gasteiger partial charge in [0, 0.05) is 12.6 Å². The Labute approximate surface area is 73.2 Å². The molecule has 72 valence electrons. The zero-order valence-corrected chi connectivity index (χ0v) is 7.92. The minimum Gasteiger partial charge on any atom is -0.467 e. The van der Waals surface area contributed by atoms with Crippen molar-refractivity contribution in [3.63, 3.8) is 0 Å². The lowest BCUT2D eigenvalue weighted by atomic mass is 10.4. The van der Waals surface area contributed by atoms with Crippen molar-refractivity contribution < 1.29 is 14.3 Å². The van der Waals surface area contributed by atoms with Crippen LogP contribution in [0.5, 0.6) is 0 Å². The molecule has 0 rings (SSSR count). The Bertz CT molecular complexity index is 125. The quantitative estimate of drug-likeness (QED) is 0.462. The van der Waals surface area contributed by atoms with Gasteiger partial charge in [0.05, 0.1) is 13.7 Å². The van der Waals surface area contributed by atoms with Crippen molar-refractivity contribution in [2.24, 2.45) is 0 Å². The second-order valence-electron chi connectivity index (χ2n) is 2.74. The summed E-state index contributed by atoms with van der Waals surface area (Å²) in [5.41, 5.74) is 0. The Morgan fingerprint density at radius 2 is 2.17 bits per heavy atom. The van der Waals surface area contributed by atoms with Crippen LogP contribution in [0.1, 0.15) is 13.8 Å². The van der Waals surface area contributed by atoms with Gasteiger partial charge in [-0.25, -0.2) is 4.79 Å². The summed E-state index contributed by atoms with van der Waals surface area (Å²) < 4.78 is 9.39. The first-order chi connectivity index (χ1) is 5.66. The van der Waals surface area contributed by atoms with Gasteiger partial charge in [-0.15, -0.1) is 0 Å². The first-order valence-corrected chi connectivity index (χ1v) is 4.04. The number of carbonyl (C=O) groups is 1. The number of rotatable bonds is 6. The molecule has 0 aliphatic carbocycles. The maximum Gasteiger partial charge on any atom is 0.331 e. The summed E-state index contributed by atoms with van der Waals surface area (Å²) in [4.78, 5) is 10.5. The van der Waals surface area contributed by atoms with Crippen molar-refractivity contribution in [1.29, 1.82) is 0 Å². The molecule has 0 saturated heterocycles. The van der Waals surface area contributed by atoms with Gasteiger partial charge in [0.1, 0.15) is 6.61 Å². The Morgan fingerprint density at radius 1 is 1.50 bits per heavy atom. The smallest absolute Gasteiger partial charge is 0.331 e. The third-order valence-electron chi connectivity index (χ3n) is 1.25. The van der Waals surface area contributed by atoms with Gasteiger partial charge in [-0.1, -0.05) is 13.8 Å². The summed E-state index contributed by atoms with van der Waals surface area (Å²) in [6.45, 7) is 5.44. The summed E-state index contributed by atoms with van der Waals surface area (Å²) in [7, 11) is 1.35. The van der Waals surface area contributed by atoms with Gasteiger partial charge in [-0.05, 0) is 0 Å². The molecule has 0 aromatic carbocycles. The molecule has 0 unspecified atom stereocenters. The number of esters is 1. The highest BCUT2D eigenvalue weighted by atomic mass is 16.6. The van der Waals surface area contributed by atoms with Crippen LogP contribution in [0.3, 0.4) is 0 Å². The van der Waals surface area contributed by atoms with E-state index < -0.39 is 0 Å². The second kappa shape index (κ2) is 7.06. The van der Waals surface area contributed by atoms with Gasteiger partial charge in [0.2, 0.25) is 0 Å². The average Bonchev–Trinajstić information content (AvgIpc) is 2.03. The predicted molar refractivity (Wildman–Crippen MR) is 46.0 cm³/mol. The lowest BCUT2D eigenvalue weighted by Gasteiger charge is -2.07. The predicted octanol–water partition coefficient (Wildman–Crippen LogP) is 0.174. The van der Waals surface area contributed by atoms with Crippen LogP contribution in [0.15, 0.2) is 0 Å². The Hall–Kier alpha value is -0.610. The van der Waals surface area contributed by atoms with Crippen molar-refractivity contribution in [1.82, 2.24) is 5.32 Å². The number of hydrogen-bond donors (Lipinski definition) is 1. The lowest BCUT2D eigenvalue weighted by Crippen LogP contribution is -2.27. The van der Waals surface area contributed by atoms with E-state index in [9.17, 15) is 4.79 Å². The van der Waals surface area contributed by atoms with Gasteiger partial charge in [-0.2, -0.15) is 0 Å². The maximum absolute atomic E-state index is 10.5. The summed E-state index contributed by atoms with van der Waals surface area (Å²) in [6.07, 6.45) is 0. The van der Waals surface area contributed by atoms with E-state index in [0.717, 1.165) is 6.54 Å². The van der Waals surface area contributed by atoms with E-state index in [1.807, 2.05) is 0 Å². The number of hydrogen-bond acceptors (Lipinski definition) is 4. The Balaban J connectivity index is 3.05. The topological polar surface area (TPSA) is 47.6 Å². The lowest BCUT2D eigenvalue weighted by molar-refractivity contribution is -0.145. The van der Waals surface area contributed by atoms with Crippen LogP contribution in [0.4, 0.5) is 0 Å². The number of ether oxygens (including phenoxy) is 2. The molecular weight excluding hydrogens is 158 g/mol. The highest BCUT2D eigenvalue weighted by Crippen LogP contribution is 1.79. The van der Waals surface area contributed by atoms with Crippen LogP contribution >= 0.6 is 0 Å². The molecule has 0 saturated carbocycles. The van der Waals surface area contributed by atoms with Crippen LogP contribution in [0, 0.1) is 0 Å². The third-order valence-corrected chi connectivity index (χ3v) is 1.25. The highest BCUT2D eigenvalue weighted by Gasteiger charge is 1.98. The number of carbonyl (C=O) groups excluding carboxylic acids is 1. The first kappa shape index (κ1) is 11.4. The Morgan fingerprint density at radius 3 is 2.67 bits per heavy atom. The molecule has 1 N–H and O–H groups in total. The van der Waals surface area contributed by atoms with Gasteiger partial charge >= 0.3 is 5.97 Å². The largest absolute Gasteiger partial charge is 0.467 e. The maximum atomic E-state index is 10.5. The molecule has 0 bridgehead atoms. The summed E-state index contributed by atoms with van der Waals surface area (Å²) in [6, 6.07) is 0.451. The van der Waals surface area contributed by atoms with Gasteiger partial charge in [-0.3, -0.25) is 0 Å². The van der Waals surface area contributed by atoms with E-state index in [2.05, 4.69) is 23.9 Å². The second-order valence-corrected chi connectivity index (χ2v) is 2.74. The fourth-order valence-corrected chi connectivity index (χ4v) is 0.634. The van der Waals surface area contributed by atoms with Crippen molar-refractivity contribution in [3.8, 4) is 0 Å². The summed E-state index contributed by atoms with van der Waals surface area (Å²) in [5.74, 6) is -0.334. The van der Waals surface area contributed by atoms with Crippen molar-refractivity contribution in [3.05, 3.63) is 0 Å². The minimum atomic E-state index is -0.334. The van der Waals surface area contributed by atoms with Gasteiger partial charge in [0.15, 0.2) is 0 Å². The molecule has 12 heavy (non-hydrogen) atoms.